The normalized spacial score (nSPS) is 15.6. The van der Waals surface area contributed by atoms with Crippen molar-refractivity contribution in [1.29, 1.82) is 0 Å². The molecule has 0 aliphatic heterocycles. The van der Waals surface area contributed by atoms with Crippen LogP contribution in [-0.2, 0) is 12.5 Å². The van der Waals surface area contributed by atoms with Crippen LogP contribution in [-0.4, -0.2) is 8.07 Å². The van der Waals surface area contributed by atoms with Gasteiger partial charge >= 0.3 is 0 Å². The number of hydrogen-bond donors (Lipinski definition) is 0. The van der Waals surface area contributed by atoms with Crippen LogP contribution in [0.3, 0.4) is 0 Å². The van der Waals surface area contributed by atoms with Crippen molar-refractivity contribution in [3.05, 3.63) is 59.8 Å². The molecule has 1 heterocycles. The lowest BCUT2D eigenvalue weighted by molar-refractivity contribution is -0.659. The molecule has 29 heavy (non-hydrogen) atoms. The topological polar surface area (TPSA) is 3.88 Å². The minimum atomic E-state index is -1.38. The highest BCUT2D eigenvalue weighted by molar-refractivity contribution is 6.91. The lowest BCUT2D eigenvalue weighted by atomic mass is 9.84. The Kier molecular flexibility index (Phi) is 4.97. The van der Waals surface area contributed by atoms with Gasteiger partial charge in [-0.3, -0.25) is 0 Å². The molecular formula is C27H36NSi+. The zero-order chi connectivity index (χ0) is 21.0. The molecule has 1 fully saturated rings. The number of pyridine rings is 1. The maximum atomic E-state index is 2.57. The third-order valence-electron chi connectivity index (χ3n) is 7.37. The minimum Gasteiger partial charge on any atom is -0.200 e. The van der Waals surface area contributed by atoms with Gasteiger partial charge in [0.25, 0.3) is 0 Å². The van der Waals surface area contributed by atoms with Crippen molar-refractivity contribution >= 4 is 24.0 Å². The van der Waals surface area contributed by atoms with Gasteiger partial charge in [0.05, 0.1) is 13.5 Å². The summed E-state index contributed by atoms with van der Waals surface area (Å²) in [7, 11) is 0.804. The van der Waals surface area contributed by atoms with Crippen LogP contribution in [0, 0.1) is 6.92 Å². The van der Waals surface area contributed by atoms with Gasteiger partial charge in [-0.1, -0.05) is 82.6 Å². The van der Waals surface area contributed by atoms with Crippen LogP contribution in [0.5, 0.6) is 0 Å². The number of benzene rings is 2. The Balaban J connectivity index is 1.89. The Morgan fingerprint density at radius 3 is 2.31 bits per heavy atom. The monoisotopic (exact) mass is 402 g/mol. The van der Waals surface area contributed by atoms with Crippen LogP contribution < -0.4 is 9.75 Å². The largest absolute Gasteiger partial charge is 0.220 e. The van der Waals surface area contributed by atoms with E-state index in [4.69, 9.17) is 0 Å². The highest BCUT2D eigenvalue weighted by atomic mass is 28.3. The van der Waals surface area contributed by atoms with E-state index in [1.165, 1.54) is 52.4 Å². The van der Waals surface area contributed by atoms with E-state index in [9.17, 15) is 0 Å². The molecule has 152 valence electrons. The highest BCUT2D eigenvalue weighted by Crippen LogP contribution is 2.41. The van der Waals surface area contributed by atoms with E-state index in [0.29, 0.717) is 0 Å². The number of rotatable bonds is 3. The zero-order valence-corrected chi connectivity index (χ0v) is 20.3. The van der Waals surface area contributed by atoms with Crippen molar-refractivity contribution in [2.24, 2.45) is 7.05 Å². The van der Waals surface area contributed by atoms with Crippen LogP contribution in [0.25, 0.3) is 22.0 Å². The zero-order valence-electron chi connectivity index (χ0n) is 19.3. The predicted octanol–water partition coefficient (Wildman–Crippen LogP) is 6.41. The molecule has 1 aliphatic carbocycles. The summed E-state index contributed by atoms with van der Waals surface area (Å²) in [6.45, 7) is 14.3. The van der Waals surface area contributed by atoms with Crippen molar-refractivity contribution in [1.82, 2.24) is 0 Å². The summed E-state index contributed by atoms with van der Waals surface area (Å²) in [5.74, 6) is 0. The maximum Gasteiger partial charge on any atom is 0.220 e. The third kappa shape index (κ3) is 3.57. The summed E-state index contributed by atoms with van der Waals surface area (Å²) in [5.41, 5.74) is 6.54. The third-order valence-corrected chi connectivity index (χ3v) is 11.8. The molecule has 2 aromatic carbocycles. The van der Waals surface area contributed by atoms with Gasteiger partial charge in [0, 0.05) is 11.6 Å². The second kappa shape index (κ2) is 7.09. The fourth-order valence-electron chi connectivity index (χ4n) is 4.82. The first kappa shape index (κ1) is 20.3. The Hall–Kier alpha value is -1.93. The Bertz CT molecular complexity index is 1070. The molecular weight excluding hydrogens is 366 g/mol. The first-order valence-corrected chi connectivity index (χ1v) is 14.2. The lowest BCUT2D eigenvalue weighted by Crippen LogP contribution is -2.48. The van der Waals surface area contributed by atoms with Gasteiger partial charge < -0.3 is 0 Å². The predicted molar refractivity (Wildman–Crippen MR) is 129 cm³/mol. The maximum absolute atomic E-state index is 2.57. The summed E-state index contributed by atoms with van der Waals surface area (Å²) in [6.07, 6.45) is 6.54. The van der Waals surface area contributed by atoms with Crippen LogP contribution in [0.2, 0.25) is 18.6 Å². The molecule has 1 saturated carbocycles. The lowest BCUT2D eigenvalue weighted by Gasteiger charge is -2.39. The SMILES string of the molecule is Cc1ccc(C(C)(C)C)cc1-c1c2ccc([Si](C)(C)C3CCC3)cc2cc[n+]1C. The Morgan fingerprint density at radius 2 is 1.69 bits per heavy atom. The van der Waals surface area contributed by atoms with Crippen molar-refractivity contribution in [3.63, 3.8) is 0 Å². The molecule has 1 aromatic heterocycles. The summed E-state index contributed by atoms with van der Waals surface area (Å²) in [6, 6.07) is 16.6. The summed E-state index contributed by atoms with van der Waals surface area (Å²) >= 11 is 0. The molecule has 1 nitrogen and oxygen atoms in total. The van der Waals surface area contributed by atoms with E-state index in [-0.39, 0.29) is 5.41 Å². The van der Waals surface area contributed by atoms with Crippen LogP contribution in [0.4, 0.5) is 0 Å². The molecule has 0 unspecified atom stereocenters. The van der Waals surface area contributed by atoms with E-state index in [2.05, 4.69) is 101 Å². The molecule has 1 aliphatic rings. The molecule has 0 bridgehead atoms. The van der Waals surface area contributed by atoms with Gasteiger partial charge in [-0.25, -0.2) is 4.57 Å². The van der Waals surface area contributed by atoms with E-state index < -0.39 is 8.07 Å². The van der Waals surface area contributed by atoms with E-state index >= 15 is 0 Å². The van der Waals surface area contributed by atoms with Crippen LogP contribution >= 0.6 is 0 Å². The first-order valence-electron chi connectivity index (χ1n) is 11.1. The molecule has 3 aromatic rings. The summed E-state index contributed by atoms with van der Waals surface area (Å²) in [4.78, 5) is 0. The minimum absolute atomic E-state index is 0.150. The fourth-order valence-corrected chi connectivity index (χ4v) is 8.18. The summed E-state index contributed by atoms with van der Waals surface area (Å²) in [5, 5.41) is 4.37. The Labute approximate surface area is 177 Å². The molecule has 4 rings (SSSR count). The molecule has 0 amide bonds. The van der Waals surface area contributed by atoms with Gasteiger partial charge in [-0.15, -0.1) is 0 Å². The van der Waals surface area contributed by atoms with Gasteiger partial charge in [0.2, 0.25) is 5.69 Å². The first-order chi connectivity index (χ1) is 13.6. The fraction of sp³-hybridized carbons (Fsp3) is 0.444. The van der Waals surface area contributed by atoms with E-state index in [1.54, 1.807) is 5.19 Å². The second-order valence-corrected chi connectivity index (χ2v) is 15.5. The van der Waals surface area contributed by atoms with Gasteiger partial charge in [-0.05, 0) is 46.5 Å². The number of hydrogen-bond acceptors (Lipinski definition) is 0. The van der Waals surface area contributed by atoms with Crippen molar-refractivity contribution in [3.8, 4) is 11.3 Å². The molecule has 0 atom stereocenters. The summed E-state index contributed by atoms with van der Waals surface area (Å²) < 4.78 is 2.30. The number of aryl methyl sites for hydroxylation is 2. The quantitative estimate of drug-likeness (QED) is 0.352. The standard InChI is InChI=1S/C27H36NSi/c1-19-11-12-21(27(2,3)4)18-25(19)26-24-14-13-23(17-20(24)15-16-28(26)5)29(6,7)22-9-8-10-22/h11-18,22H,8-10H2,1-7H3/q+1. The van der Waals surface area contributed by atoms with E-state index in [1.807, 2.05) is 0 Å². The number of nitrogens with zero attached hydrogens (tertiary/aromatic N) is 1. The van der Waals surface area contributed by atoms with Crippen molar-refractivity contribution in [2.45, 2.75) is 71.0 Å². The van der Waals surface area contributed by atoms with Crippen LogP contribution in [0.15, 0.2) is 48.7 Å². The molecule has 0 spiro atoms. The second-order valence-electron chi connectivity index (χ2n) is 10.7. The van der Waals surface area contributed by atoms with E-state index in [0.717, 1.165) is 5.54 Å². The molecule has 0 radical (unpaired) electrons. The molecule has 2 heteroatoms. The van der Waals surface area contributed by atoms with Crippen LogP contribution in [0.1, 0.15) is 51.2 Å². The van der Waals surface area contributed by atoms with Crippen molar-refractivity contribution in [2.75, 3.05) is 0 Å². The average molecular weight is 403 g/mol. The van der Waals surface area contributed by atoms with Crippen molar-refractivity contribution < 1.29 is 4.57 Å². The smallest absolute Gasteiger partial charge is 0.200 e. The number of fused-ring (bicyclic) bond motifs is 1. The Morgan fingerprint density at radius 1 is 0.966 bits per heavy atom. The highest BCUT2D eigenvalue weighted by Gasteiger charge is 2.37. The average Bonchev–Trinajstić information content (AvgIpc) is 2.59. The number of aromatic nitrogens is 1. The van der Waals surface area contributed by atoms with Gasteiger partial charge in [0.15, 0.2) is 6.20 Å². The van der Waals surface area contributed by atoms with Gasteiger partial charge in [0.1, 0.15) is 7.05 Å². The molecule has 0 N–H and O–H groups in total. The van der Waals surface area contributed by atoms with Gasteiger partial charge in [-0.2, -0.15) is 0 Å². The molecule has 0 saturated heterocycles.